The summed E-state index contributed by atoms with van der Waals surface area (Å²) in [5.74, 6) is 0.390. The molecule has 1 atom stereocenters. The SMILES string of the molecule is COCC(C)CNC(=O)CNC(C)(C)C. The van der Waals surface area contributed by atoms with Gasteiger partial charge in [0.05, 0.1) is 13.2 Å². The van der Waals surface area contributed by atoms with Crippen molar-refractivity contribution in [2.24, 2.45) is 5.92 Å². The molecule has 0 saturated heterocycles. The van der Waals surface area contributed by atoms with Gasteiger partial charge in [-0.3, -0.25) is 4.79 Å². The molecule has 0 bridgehead atoms. The largest absolute Gasteiger partial charge is 0.384 e. The molecule has 15 heavy (non-hydrogen) atoms. The zero-order valence-electron chi connectivity index (χ0n) is 10.5. The number of rotatable bonds is 6. The van der Waals surface area contributed by atoms with Gasteiger partial charge in [0.2, 0.25) is 5.91 Å². The summed E-state index contributed by atoms with van der Waals surface area (Å²) in [5, 5.41) is 5.99. The first-order valence-corrected chi connectivity index (χ1v) is 5.36. The van der Waals surface area contributed by atoms with Gasteiger partial charge in [0.25, 0.3) is 0 Å². The summed E-state index contributed by atoms with van der Waals surface area (Å²) in [7, 11) is 1.67. The van der Waals surface area contributed by atoms with Crippen LogP contribution in [0.4, 0.5) is 0 Å². The third-order valence-electron chi connectivity index (χ3n) is 1.88. The first kappa shape index (κ1) is 14.4. The maximum atomic E-state index is 11.4. The topological polar surface area (TPSA) is 50.4 Å². The number of hydrogen-bond acceptors (Lipinski definition) is 3. The van der Waals surface area contributed by atoms with Crippen LogP contribution < -0.4 is 10.6 Å². The van der Waals surface area contributed by atoms with Crippen molar-refractivity contribution in [3.63, 3.8) is 0 Å². The Labute approximate surface area is 92.8 Å². The van der Waals surface area contributed by atoms with E-state index in [1.807, 2.05) is 27.7 Å². The third-order valence-corrected chi connectivity index (χ3v) is 1.88. The fourth-order valence-electron chi connectivity index (χ4n) is 1.04. The van der Waals surface area contributed by atoms with Gasteiger partial charge in [0.1, 0.15) is 0 Å². The first-order chi connectivity index (χ1) is 6.85. The average Bonchev–Trinajstić information content (AvgIpc) is 2.11. The summed E-state index contributed by atoms with van der Waals surface area (Å²) >= 11 is 0. The molecule has 0 aromatic carbocycles. The molecular weight excluding hydrogens is 192 g/mol. The van der Waals surface area contributed by atoms with Gasteiger partial charge < -0.3 is 15.4 Å². The van der Waals surface area contributed by atoms with Crippen LogP contribution in [-0.2, 0) is 9.53 Å². The summed E-state index contributed by atoms with van der Waals surface area (Å²) in [6, 6.07) is 0. The molecule has 2 N–H and O–H groups in total. The van der Waals surface area contributed by atoms with Crippen molar-refractivity contribution in [1.82, 2.24) is 10.6 Å². The van der Waals surface area contributed by atoms with Crippen LogP contribution in [0.1, 0.15) is 27.7 Å². The van der Waals surface area contributed by atoms with Gasteiger partial charge in [-0.05, 0) is 26.7 Å². The molecular formula is C11H24N2O2. The molecule has 0 spiro atoms. The fraction of sp³-hybridized carbons (Fsp3) is 0.909. The quantitative estimate of drug-likeness (QED) is 0.689. The molecule has 0 fully saturated rings. The van der Waals surface area contributed by atoms with Crippen molar-refractivity contribution in [1.29, 1.82) is 0 Å². The number of hydrogen-bond donors (Lipinski definition) is 2. The van der Waals surface area contributed by atoms with Crippen LogP contribution in [0.2, 0.25) is 0 Å². The Hall–Kier alpha value is -0.610. The van der Waals surface area contributed by atoms with Crippen LogP contribution in [0.3, 0.4) is 0 Å². The van der Waals surface area contributed by atoms with Gasteiger partial charge in [0.15, 0.2) is 0 Å². The zero-order valence-corrected chi connectivity index (χ0v) is 10.5. The fourth-order valence-corrected chi connectivity index (χ4v) is 1.04. The Morgan fingerprint density at radius 3 is 2.47 bits per heavy atom. The van der Waals surface area contributed by atoms with E-state index < -0.39 is 0 Å². The zero-order chi connectivity index (χ0) is 11.9. The second-order valence-corrected chi connectivity index (χ2v) is 4.97. The van der Waals surface area contributed by atoms with E-state index in [9.17, 15) is 4.79 Å². The Kier molecular flexibility index (Phi) is 6.52. The minimum atomic E-state index is -0.0184. The molecule has 0 rings (SSSR count). The van der Waals surface area contributed by atoms with E-state index in [4.69, 9.17) is 4.74 Å². The molecule has 4 nitrogen and oxygen atoms in total. The molecule has 0 aromatic heterocycles. The summed E-state index contributed by atoms with van der Waals surface area (Å²) in [6.07, 6.45) is 0. The average molecular weight is 216 g/mol. The van der Waals surface area contributed by atoms with Gasteiger partial charge >= 0.3 is 0 Å². The summed E-state index contributed by atoms with van der Waals surface area (Å²) in [4.78, 5) is 11.4. The summed E-state index contributed by atoms with van der Waals surface area (Å²) in [5.41, 5.74) is -0.0184. The monoisotopic (exact) mass is 216 g/mol. The number of amides is 1. The molecule has 0 aromatic rings. The van der Waals surface area contributed by atoms with Crippen molar-refractivity contribution in [2.75, 3.05) is 26.8 Å². The number of carbonyl (C=O) groups is 1. The Bertz CT molecular complexity index is 188. The van der Waals surface area contributed by atoms with E-state index in [-0.39, 0.29) is 11.4 Å². The minimum Gasteiger partial charge on any atom is -0.384 e. The normalized spacial score (nSPS) is 13.7. The first-order valence-electron chi connectivity index (χ1n) is 5.36. The highest BCUT2D eigenvalue weighted by atomic mass is 16.5. The lowest BCUT2D eigenvalue weighted by Crippen LogP contribution is -2.44. The van der Waals surface area contributed by atoms with Crippen LogP contribution in [0.5, 0.6) is 0 Å². The van der Waals surface area contributed by atoms with Crippen molar-refractivity contribution in [3.8, 4) is 0 Å². The van der Waals surface area contributed by atoms with Crippen molar-refractivity contribution < 1.29 is 9.53 Å². The standard InChI is InChI=1S/C11H24N2O2/c1-9(8-15-5)6-12-10(14)7-13-11(2,3)4/h9,13H,6-8H2,1-5H3,(H,12,14). The number of carbonyl (C=O) groups excluding carboxylic acids is 1. The molecule has 1 amide bonds. The predicted octanol–water partition coefficient (Wildman–Crippen LogP) is 0.773. The molecule has 0 heterocycles. The number of methoxy groups -OCH3 is 1. The van der Waals surface area contributed by atoms with E-state index in [0.717, 1.165) is 0 Å². The Morgan fingerprint density at radius 1 is 1.40 bits per heavy atom. The second kappa shape index (κ2) is 6.80. The molecule has 90 valence electrons. The lowest BCUT2D eigenvalue weighted by atomic mass is 10.1. The lowest BCUT2D eigenvalue weighted by Gasteiger charge is -2.20. The van der Waals surface area contributed by atoms with E-state index in [1.54, 1.807) is 7.11 Å². The van der Waals surface area contributed by atoms with Crippen LogP contribution in [-0.4, -0.2) is 38.3 Å². The van der Waals surface area contributed by atoms with Gasteiger partial charge in [-0.1, -0.05) is 6.92 Å². The van der Waals surface area contributed by atoms with Gasteiger partial charge in [-0.15, -0.1) is 0 Å². The number of nitrogens with one attached hydrogen (secondary N) is 2. The van der Waals surface area contributed by atoms with Crippen LogP contribution >= 0.6 is 0 Å². The Balaban J connectivity index is 3.58. The molecule has 0 aliphatic rings. The summed E-state index contributed by atoms with van der Waals surface area (Å²) in [6.45, 7) is 9.85. The van der Waals surface area contributed by atoms with E-state index in [2.05, 4.69) is 10.6 Å². The van der Waals surface area contributed by atoms with Crippen molar-refractivity contribution >= 4 is 5.91 Å². The Morgan fingerprint density at radius 2 is 2.00 bits per heavy atom. The van der Waals surface area contributed by atoms with Crippen LogP contribution in [0.15, 0.2) is 0 Å². The van der Waals surface area contributed by atoms with Crippen LogP contribution in [0.25, 0.3) is 0 Å². The highest BCUT2D eigenvalue weighted by Gasteiger charge is 2.11. The highest BCUT2D eigenvalue weighted by molar-refractivity contribution is 5.78. The van der Waals surface area contributed by atoms with Gasteiger partial charge in [-0.25, -0.2) is 0 Å². The molecule has 1 unspecified atom stereocenters. The number of ether oxygens (including phenoxy) is 1. The highest BCUT2D eigenvalue weighted by Crippen LogP contribution is 1.97. The third kappa shape index (κ3) is 9.69. The lowest BCUT2D eigenvalue weighted by molar-refractivity contribution is -0.120. The summed E-state index contributed by atoms with van der Waals surface area (Å²) < 4.78 is 4.98. The maximum Gasteiger partial charge on any atom is 0.233 e. The van der Waals surface area contributed by atoms with Crippen LogP contribution in [0, 0.1) is 5.92 Å². The van der Waals surface area contributed by atoms with E-state index in [0.29, 0.717) is 25.6 Å². The van der Waals surface area contributed by atoms with E-state index in [1.165, 1.54) is 0 Å². The van der Waals surface area contributed by atoms with E-state index >= 15 is 0 Å². The maximum absolute atomic E-state index is 11.4. The smallest absolute Gasteiger partial charge is 0.233 e. The van der Waals surface area contributed by atoms with Gasteiger partial charge in [-0.2, -0.15) is 0 Å². The second-order valence-electron chi connectivity index (χ2n) is 4.97. The minimum absolute atomic E-state index is 0.0184. The van der Waals surface area contributed by atoms with Gasteiger partial charge in [0, 0.05) is 19.2 Å². The van der Waals surface area contributed by atoms with Crippen molar-refractivity contribution in [2.45, 2.75) is 33.2 Å². The molecule has 4 heteroatoms. The van der Waals surface area contributed by atoms with Crippen molar-refractivity contribution in [3.05, 3.63) is 0 Å². The molecule has 0 saturated carbocycles. The molecule has 0 aliphatic carbocycles. The molecule has 0 aliphatic heterocycles. The molecule has 0 radical (unpaired) electrons. The predicted molar refractivity (Wildman–Crippen MR) is 61.8 cm³/mol.